The highest BCUT2D eigenvalue weighted by Gasteiger charge is 2.05. The number of nitrogens with two attached hydrogens (primary N) is 1. The number of hydrogen-bond acceptors (Lipinski definition) is 3. The summed E-state index contributed by atoms with van der Waals surface area (Å²) in [6, 6.07) is 3.21. The van der Waals surface area contributed by atoms with E-state index >= 15 is 0 Å². The average Bonchev–Trinajstić information content (AvgIpc) is 2.06. The zero-order valence-corrected chi connectivity index (χ0v) is 7.04. The first-order chi connectivity index (χ1) is 5.66. The Kier molecular flexibility index (Phi) is 2.55. The zero-order chi connectivity index (χ0) is 9.14. The van der Waals surface area contributed by atoms with Crippen molar-refractivity contribution in [3.05, 3.63) is 23.3 Å². The molecule has 0 bridgehead atoms. The summed E-state index contributed by atoms with van der Waals surface area (Å²) in [6.45, 7) is 1.84. The Morgan fingerprint density at radius 1 is 1.42 bits per heavy atom. The summed E-state index contributed by atoms with van der Waals surface area (Å²) in [7, 11) is 0. The molecule has 0 aliphatic carbocycles. The number of phenols is 1. The Bertz CT molecular complexity index is 284. The topological polar surface area (TPSA) is 66.5 Å². The van der Waals surface area contributed by atoms with Crippen molar-refractivity contribution in [2.45, 2.75) is 13.3 Å². The minimum Gasteiger partial charge on any atom is -0.508 e. The van der Waals surface area contributed by atoms with Crippen molar-refractivity contribution in [1.82, 2.24) is 0 Å². The van der Waals surface area contributed by atoms with Crippen molar-refractivity contribution in [1.29, 1.82) is 0 Å². The largest absolute Gasteiger partial charge is 0.508 e. The number of aliphatic hydroxyl groups is 1. The van der Waals surface area contributed by atoms with Gasteiger partial charge in [-0.1, -0.05) is 0 Å². The molecule has 1 aromatic rings. The number of hydrogen-bond donors (Lipinski definition) is 3. The summed E-state index contributed by atoms with van der Waals surface area (Å²) in [5.41, 5.74) is 7.86. The molecule has 12 heavy (non-hydrogen) atoms. The van der Waals surface area contributed by atoms with Gasteiger partial charge in [-0.3, -0.25) is 0 Å². The van der Waals surface area contributed by atoms with E-state index in [1.807, 2.05) is 0 Å². The van der Waals surface area contributed by atoms with Crippen LogP contribution in [0, 0.1) is 6.92 Å². The van der Waals surface area contributed by atoms with Crippen LogP contribution in [0.4, 0.5) is 5.69 Å². The normalized spacial score (nSPS) is 10.2. The highest BCUT2D eigenvalue weighted by atomic mass is 16.3. The number of phenolic OH excluding ortho intramolecular Hbond substituents is 1. The van der Waals surface area contributed by atoms with E-state index in [1.165, 1.54) is 0 Å². The van der Waals surface area contributed by atoms with Gasteiger partial charge in [0.1, 0.15) is 5.75 Å². The van der Waals surface area contributed by atoms with E-state index in [4.69, 9.17) is 10.8 Å². The van der Waals surface area contributed by atoms with Crippen molar-refractivity contribution in [3.63, 3.8) is 0 Å². The Morgan fingerprint density at radius 2 is 2.08 bits per heavy atom. The monoisotopic (exact) mass is 167 g/mol. The molecule has 3 nitrogen and oxygen atoms in total. The summed E-state index contributed by atoms with van der Waals surface area (Å²) >= 11 is 0. The van der Waals surface area contributed by atoms with Gasteiger partial charge in [0.15, 0.2) is 0 Å². The SMILES string of the molecule is Cc1c(O)ccc(N)c1CCO. The molecule has 0 amide bonds. The molecule has 0 aromatic heterocycles. The molecule has 0 fully saturated rings. The maximum Gasteiger partial charge on any atom is 0.118 e. The summed E-state index contributed by atoms with van der Waals surface area (Å²) in [5.74, 6) is 0.229. The summed E-state index contributed by atoms with van der Waals surface area (Å²) in [5, 5.41) is 18.0. The third-order valence-corrected chi connectivity index (χ3v) is 1.97. The Hall–Kier alpha value is -1.22. The average molecular weight is 167 g/mol. The van der Waals surface area contributed by atoms with Crippen molar-refractivity contribution in [2.75, 3.05) is 12.3 Å². The molecule has 0 saturated heterocycles. The second-order valence-electron chi connectivity index (χ2n) is 2.75. The third-order valence-electron chi connectivity index (χ3n) is 1.97. The smallest absolute Gasteiger partial charge is 0.118 e. The molecule has 0 radical (unpaired) electrons. The van der Waals surface area contributed by atoms with E-state index in [9.17, 15) is 5.11 Å². The van der Waals surface area contributed by atoms with Crippen molar-refractivity contribution >= 4 is 5.69 Å². The van der Waals surface area contributed by atoms with Crippen LogP contribution in [0.1, 0.15) is 11.1 Å². The number of nitrogen functional groups attached to an aromatic ring is 1. The van der Waals surface area contributed by atoms with Gasteiger partial charge in [-0.05, 0) is 36.6 Å². The highest BCUT2D eigenvalue weighted by molar-refractivity contribution is 5.55. The van der Waals surface area contributed by atoms with E-state index in [2.05, 4.69) is 0 Å². The molecule has 0 heterocycles. The van der Waals surface area contributed by atoms with Gasteiger partial charge in [0.2, 0.25) is 0 Å². The van der Waals surface area contributed by atoms with Gasteiger partial charge in [0, 0.05) is 12.3 Å². The predicted octanol–water partition coefficient (Wildman–Crippen LogP) is 0.818. The lowest BCUT2D eigenvalue weighted by Crippen LogP contribution is -2.00. The first-order valence-electron chi connectivity index (χ1n) is 3.84. The minimum atomic E-state index is 0.0501. The minimum absolute atomic E-state index is 0.0501. The van der Waals surface area contributed by atoms with Gasteiger partial charge in [0.25, 0.3) is 0 Å². The maximum atomic E-state index is 9.31. The van der Waals surface area contributed by atoms with Crippen LogP contribution in [0.15, 0.2) is 12.1 Å². The van der Waals surface area contributed by atoms with Crippen LogP contribution in [-0.4, -0.2) is 16.8 Å². The standard InChI is InChI=1S/C9H13NO2/c1-6-7(4-5-11)8(10)2-3-9(6)12/h2-3,11-12H,4-5,10H2,1H3. The van der Waals surface area contributed by atoms with E-state index in [-0.39, 0.29) is 12.4 Å². The van der Waals surface area contributed by atoms with Crippen molar-refractivity contribution in [3.8, 4) is 5.75 Å². The molecule has 1 aromatic carbocycles. The number of benzene rings is 1. The molecule has 0 aliphatic heterocycles. The van der Waals surface area contributed by atoms with Crippen molar-refractivity contribution < 1.29 is 10.2 Å². The Labute approximate surface area is 71.5 Å². The van der Waals surface area contributed by atoms with Gasteiger partial charge < -0.3 is 15.9 Å². The van der Waals surface area contributed by atoms with Crippen LogP contribution < -0.4 is 5.73 Å². The quantitative estimate of drug-likeness (QED) is 0.451. The molecule has 66 valence electrons. The number of anilines is 1. The predicted molar refractivity (Wildman–Crippen MR) is 48.0 cm³/mol. The summed E-state index contributed by atoms with van der Waals surface area (Å²) in [4.78, 5) is 0. The van der Waals surface area contributed by atoms with Crippen molar-refractivity contribution in [2.24, 2.45) is 0 Å². The number of rotatable bonds is 2. The Morgan fingerprint density at radius 3 is 2.67 bits per heavy atom. The van der Waals surface area contributed by atoms with Crippen LogP contribution in [0.25, 0.3) is 0 Å². The molecule has 0 spiro atoms. The van der Waals surface area contributed by atoms with Gasteiger partial charge in [-0.2, -0.15) is 0 Å². The number of aromatic hydroxyl groups is 1. The van der Waals surface area contributed by atoms with E-state index in [0.717, 1.165) is 11.1 Å². The second kappa shape index (κ2) is 3.45. The van der Waals surface area contributed by atoms with Gasteiger partial charge in [0.05, 0.1) is 0 Å². The molecule has 4 N–H and O–H groups in total. The van der Waals surface area contributed by atoms with Crippen LogP contribution >= 0.6 is 0 Å². The zero-order valence-electron chi connectivity index (χ0n) is 7.04. The van der Waals surface area contributed by atoms with Crippen LogP contribution in [0.2, 0.25) is 0 Å². The first kappa shape index (κ1) is 8.87. The second-order valence-corrected chi connectivity index (χ2v) is 2.75. The molecule has 0 aliphatic rings. The van der Waals surface area contributed by atoms with E-state index < -0.39 is 0 Å². The van der Waals surface area contributed by atoms with Crippen LogP contribution in [-0.2, 0) is 6.42 Å². The van der Waals surface area contributed by atoms with Crippen LogP contribution in [0.5, 0.6) is 5.75 Å². The molecule has 0 unspecified atom stereocenters. The van der Waals surface area contributed by atoms with Gasteiger partial charge in [-0.25, -0.2) is 0 Å². The summed E-state index contributed by atoms with van der Waals surface area (Å²) < 4.78 is 0. The highest BCUT2D eigenvalue weighted by Crippen LogP contribution is 2.25. The van der Waals surface area contributed by atoms with Gasteiger partial charge in [-0.15, -0.1) is 0 Å². The lowest BCUT2D eigenvalue weighted by molar-refractivity contribution is 0.299. The lowest BCUT2D eigenvalue weighted by Gasteiger charge is -2.08. The fraction of sp³-hybridized carbons (Fsp3) is 0.333. The van der Waals surface area contributed by atoms with Gasteiger partial charge >= 0.3 is 0 Å². The first-order valence-corrected chi connectivity index (χ1v) is 3.84. The van der Waals surface area contributed by atoms with Crippen LogP contribution in [0.3, 0.4) is 0 Å². The molecule has 0 atom stereocenters. The summed E-state index contributed by atoms with van der Waals surface area (Å²) in [6.07, 6.45) is 0.492. The molecular formula is C9H13NO2. The molecule has 0 saturated carbocycles. The Balaban J connectivity index is 3.14. The fourth-order valence-corrected chi connectivity index (χ4v) is 1.21. The fourth-order valence-electron chi connectivity index (χ4n) is 1.21. The third kappa shape index (κ3) is 1.51. The van der Waals surface area contributed by atoms with E-state index in [1.54, 1.807) is 19.1 Å². The lowest BCUT2D eigenvalue weighted by atomic mass is 10.0. The molecular weight excluding hydrogens is 154 g/mol. The van der Waals surface area contributed by atoms with E-state index in [0.29, 0.717) is 12.1 Å². The maximum absolute atomic E-state index is 9.31. The molecule has 1 rings (SSSR count). The number of aliphatic hydroxyl groups excluding tert-OH is 1. The molecule has 3 heteroatoms.